The maximum absolute atomic E-state index is 10.6. The molecule has 0 bridgehead atoms. The Morgan fingerprint density at radius 2 is 2.24 bits per heavy atom. The van der Waals surface area contributed by atoms with E-state index in [4.69, 9.17) is 9.47 Å². The topological polar surface area (TPSA) is 50.7 Å². The standard InChI is InChI=1S/C17H25NO3/c1-12-5-3-6-14-15(7-4-9-21-16(12)14)18-11-17(19)8-10-20-13(17)2/h3,5-6,13,15,18-19H,4,7-11H2,1-2H3. The average molecular weight is 291 g/mol. The Kier molecular flexibility index (Phi) is 4.20. The number of benzene rings is 1. The van der Waals surface area contributed by atoms with Crippen molar-refractivity contribution in [2.45, 2.75) is 50.9 Å². The van der Waals surface area contributed by atoms with E-state index in [9.17, 15) is 5.11 Å². The normalized spacial score (nSPS) is 32.3. The van der Waals surface area contributed by atoms with Crippen LogP contribution in [0.1, 0.15) is 43.4 Å². The van der Waals surface area contributed by atoms with Gasteiger partial charge in [-0.1, -0.05) is 18.2 Å². The first-order valence-corrected chi connectivity index (χ1v) is 7.90. The number of para-hydroxylation sites is 1. The van der Waals surface area contributed by atoms with Gasteiger partial charge in [0.15, 0.2) is 0 Å². The van der Waals surface area contributed by atoms with Crippen LogP contribution < -0.4 is 10.1 Å². The molecule has 116 valence electrons. The molecule has 3 rings (SSSR count). The summed E-state index contributed by atoms with van der Waals surface area (Å²) < 4.78 is 11.4. The van der Waals surface area contributed by atoms with Crippen LogP contribution in [-0.2, 0) is 4.74 Å². The van der Waals surface area contributed by atoms with Crippen molar-refractivity contribution in [2.75, 3.05) is 19.8 Å². The van der Waals surface area contributed by atoms with E-state index in [1.54, 1.807) is 0 Å². The molecule has 3 atom stereocenters. The first kappa shape index (κ1) is 14.8. The van der Waals surface area contributed by atoms with Gasteiger partial charge >= 0.3 is 0 Å². The van der Waals surface area contributed by atoms with E-state index in [0.29, 0.717) is 19.6 Å². The summed E-state index contributed by atoms with van der Waals surface area (Å²) in [5.74, 6) is 1.01. The van der Waals surface area contributed by atoms with Gasteiger partial charge in [-0.2, -0.15) is 0 Å². The van der Waals surface area contributed by atoms with Gasteiger partial charge < -0.3 is 19.9 Å². The van der Waals surface area contributed by atoms with E-state index >= 15 is 0 Å². The molecule has 1 aromatic carbocycles. The number of ether oxygens (including phenoxy) is 2. The summed E-state index contributed by atoms with van der Waals surface area (Å²) in [6.45, 7) is 6.00. The molecular weight excluding hydrogens is 266 g/mol. The van der Waals surface area contributed by atoms with Crippen molar-refractivity contribution < 1.29 is 14.6 Å². The lowest BCUT2D eigenvalue weighted by Gasteiger charge is -2.29. The number of aryl methyl sites for hydroxylation is 1. The Morgan fingerprint density at radius 1 is 1.38 bits per heavy atom. The third-order valence-corrected chi connectivity index (χ3v) is 4.82. The minimum Gasteiger partial charge on any atom is -0.493 e. The molecule has 0 amide bonds. The molecule has 1 saturated heterocycles. The zero-order valence-electron chi connectivity index (χ0n) is 12.9. The number of nitrogens with one attached hydrogen (secondary N) is 1. The summed E-state index contributed by atoms with van der Waals surface area (Å²) in [6, 6.07) is 6.53. The van der Waals surface area contributed by atoms with Crippen LogP contribution in [0.25, 0.3) is 0 Å². The van der Waals surface area contributed by atoms with Gasteiger partial charge in [0.25, 0.3) is 0 Å². The van der Waals surface area contributed by atoms with Crippen LogP contribution in [0.3, 0.4) is 0 Å². The molecule has 0 spiro atoms. The van der Waals surface area contributed by atoms with Crippen LogP contribution in [0.5, 0.6) is 5.75 Å². The second-order valence-corrected chi connectivity index (χ2v) is 6.28. The van der Waals surface area contributed by atoms with Crippen molar-refractivity contribution in [3.05, 3.63) is 29.3 Å². The lowest BCUT2D eigenvalue weighted by atomic mass is 9.94. The van der Waals surface area contributed by atoms with E-state index in [1.165, 1.54) is 11.1 Å². The van der Waals surface area contributed by atoms with Crippen LogP contribution in [0.15, 0.2) is 18.2 Å². The third kappa shape index (κ3) is 2.93. The van der Waals surface area contributed by atoms with E-state index < -0.39 is 5.60 Å². The Morgan fingerprint density at radius 3 is 3.00 bits per heavy atom. The highest BCUT2D eigenvalue weighted by Gasteiger charge is 2.39. The minimum atomic E-state index is -0.753. The van der Waals surface area contributed by atoms with Crippen molar-refractivity contribution in [3.63, 3.8) is 0 Å². The van der Waals surface area contributed by atoms with Gasteiger partial charge in [0.1, 0.15) is 11.4 Å². The number of aliphatic hydroxyl groups is 1. The minimum absolute atomic E-state index is 0.107. The predicted octanol–water partition coefficient (Wildman–Crippen LogP) is 2.34. The van der Waals surface area contributed by atoms with Gasteiger partial charge in [0.2, 0.25) is 0 Å². The Labute approximate surface area is 126 Å². The molecule has 2 heterocycles. The molecule has 0 saturated carbocycles. The Bertz CT molecular complexity index is 505. The number of rotatable bonds is 3. The fourth-order valence-corrected chi connectivity index (χ4v) is 3.28. The van der Waals surface area contributed by atoms with Crippen molar-refractivity contribution in [2.24, 2.45) is 0 Å². The lowest BCUT2D eigenvalue weighted by molar-refractivity contribution is -0.0278. The van der Waals surface area contributed by atoms with Crippen LogP contribution in [-0.4, -0.2) is 36.6 Å². The van der Waals surface area contributed by atoms with Gasteiger partial charge in [-0.05, 0) is 32.3 Å². The van der Waals surface area contributed by atoms with Gasteiger partial charge in [0.05, 0.1) is 12.7 Å². The first-order chi connectivity index (χ1) is 10.1. The summed E-state index contributed by atoms with van der Waals surface area (Å²) >= 11 is 0. The fourth-order valence-electron chi connectivity index (χ4n) is 3.28. The molecule has 2 aliphatic heterocycles. The van der Waals surface area contributed by atoms with Crippen molar-refractivity contribution >= 4 is 0 Å². The number of hydrogen-bond donors (Lipinski definition) is 2. The van der Waals surface area contributed by atoms with Gasteiger partial charge in [-0.3, -0.25) is 0 Å². The SMILES string of the molecule is Cc1cccc2c1OCCCC2NCC1(O)CCOC1C. The Balaban J connectivity index is 1.75. The van der Waals surface area contributed by atoms with Crippen molar-refractivity contribution in [1.29, 1.82) is 0 Å². The third-order valence-electron chi connectivity index (χ3n) is 4.82. The smallest absolute Gasteiger partial charge is 0.126 e. The molecule has 0 aromatic heterocycles. The van der Waals surface area contributed by atoms with Gasteiger partial charge in [-0.25, -0.2) is 0 Å². The highest BCUT2D eigenvalue weighted by Crippen LogP contribution is 2.35. The van der Waals surface area contributed by atoms with Crippen LogP contribution in [0.4, 0.5) is 0 Å². The molecular formula is C17H25NO3. The van der Waals surface area contributed by atoms with Crippen molar-refractivity contribution in [3.8, 4) is 5.75 Å². The monoisotopic (exact) mass is 291 g/mol. The van der Waals surface area contributed by atoms with E-state index in [2.05, 4.69) is 30.4 Å². The highest BCUT2D eigenvalue weighted by atomic mass is 16.5. The number of fused-ring (bicyclic) bond motifs is 1. The molecule has 0 radical (unpaired) electrons. The molecule has 4 heteroatoms. The number of hydrogen-bond acceptors (Lipinski definition) is 4. The summed E-state index contributed by atoms with van der Waals surface area (Å²) in [4.78, 5) is 0. The molecule has 2 aliphatic rings. The Hall–Kier alpha value is -1.10. The maximum atomic E-state index is 10.6. The second kappa shape index (κ2) is 5.95. The lowest BCUT2D eigenvalue weighted by Crippen LogP contribution is -2.46. The highest BCUT2D eigenvalue weighted by molar-refractivity contribution is 5.43. The quantitative estimate of drug-likeness (QED) is 0.897. The molecule has 4 nitrogen and oxygen atoms in total. The van der Waals surface area contributed by atoms with Crippen LogP contribution in [0, 0.1) is 6.92 Å². The summed E-state index contributed by atoms with van der Waals surface area (Å²) in [5, 5.41) is 14.2. The molecule has 1 fully saturated rings. The average Bonchev–Trinajstić information content (AvgIpc) is 2.69. The molecule has 21 heavy (non-hydrogen) atoms. The van der Waals surface area contributed by atoms with Crippen LogP contribution in [0.2, 0.25) is 0 Å². The molecule has 3 unspecified atom stereocenters. The van der Waals surface area contributed by atoms with Crippen LogP contribution >= 0.6 is 0 Å². The predicted molar refractivity (Wildman–Crippen MR) is 81.6 cm³/mol. The molecule has 2 N–H and O–H groups in total. The summed E-state index contributed by atoms with van der Waals surface area (Å²) in [5.41, 5.74) is 1.64. The van der Waals surface area contributed by atoms with E-state index in [-0.39, 0.29) is 12.1 Å². The molecule has 0 aliphatic carbocycles. The largest absolute Gasteiger partial charge is 0.493 e. The van der Waals surface area contributed by atoms with E-state index in [0.717, 1.165) is 25.2 Å². The summed E-state index contributed by atoms with van der Waals surface area (Å²) in [7, 11) is 0. The zero-order chi connectivity index (χ0) is 14.9. The second-order valence-electron chi connectivity index (χ2n) is 6.28. The van der Waals surface area contributed by atoms with Crippen molar-refractivity contribution in [1.82, 2.24) is 5.32 Å². The van der Waals surface area contributed by atoms with E-state index in [1.807, 2.05) is 6.92 Å². The maximum Gasteiger partial charge on any atom is 0.126 e. The first-order valence-electron chi connectivity index (χ1n) is 7.90. The zero-order valence-corrected chi connectivity index (χ0v) is 12.9. The fraction of sp³-hybridized carbons (Fsp3) is 0.647. The summed E-state index contributed by atoms with van der Waals surface area (Å²) in [6.07, 6.45) is 2.65. The van der Waals surface area contributed by atoms with Gasteiger partial charge in [-0.15, -0.1) is 0 Å². The van der Waals surface area contributed by atoms with Gasteiger partial charge in [0, 0.05) is 31.2 Å². The molecule has 1 aromatic rings.